The van der Waals surface area contributed by atoms with Crippen LogP contribution in [-0.2, 0) is 9.53 Å². The molecule has 2 aromatic carbocycles. The molecule has 1 N–H and O–H groups in total. The van der Waals surface area contributed by atoms with Crippen molar-refractivity contribution >= 4 is 46.7 Å². The quantitative estimate of drug-likeness (QED) is 0.174. The number of esters is 1. The van der Waals surface area contributed by atoms with Crippen LogP contribution in [0.5, 0.6) is 0 Å². The average molecular weight is 533 g/mol. The van der Waals surface area contributed by atoms with Gasteiger partial charge in [0.05, 0.1) is 15.5 Å². The third kappa shape index (κ3) is 7.54. The lowest BCUT2D eigenvalue weighted by atomic mass is 9.84. The molecule has 36 heavy (non-hydrogen) atoms. The van der Waals surface area contributed by atoms with Crippen LogP contribution in [0.25, 0.3) is 0 Å². The van der Waals surface area contributed by atoms with Gasteiger partial charge in [0.25, 0.3) is 11.6 Å². The van der Waals surface area contributed by atoms with Crippen molar-refractivity contribution in [3.05, 3.63) is 74.3 Å². The third-order valence-corrected chi connectivity index (χ3v) is 7.22. The van der Waals surface area contributed by atoms with Crippen molar-refractivity contribution in [2.24, 2.45) is 0 Å². The lowest BCUT2D eigenvalue weighted by molar-refractivity contribution is -0.384. The van der Waals surface area contributed by atoms with Crippen LogP contribution in [0.3, 0.4) is 0 Å². The number of carbonyl (C=O) groups excluding carboxylic acids is 3. The molecule has 0 aromatic heterocycles. The summed E-state index contributed by atoms with van der Waals surface area (Å²) in [5.41, 5.74) is 1.44. The van der Waals surface area contributed by atoms with Gasteiger partial charge < -0.3 is 10.1 Å². The van der Waals surface area contributed by atoms with E-state index in [1.807, 2.05) is 18.4 Å². The van der Waals surface area contributed by atoms with E-state index in [2.05, 4.69) is 5.32 Å². The second kappa shape index (κ2) is 13.4. The third-order valence-electron chi connectivity index (χ3n) is 6.26. The molecule has 10 heteroatoms. The Labute approximate surface area is 219 Å². The topological polar surface area (TPSA) is 116 Å². The van der Waals surface area contributed by atoms with E-state index in [1.54, 1.807) is 12.1 Å². The molecule has 0 unspecified atom stereocenters. The predicted molar refractivity (Wildman–Crippen MR) is 140 cm³/mol. The minimum Gasteiger partial charge on any atom is -0.456 e. The van der Waals surface area contributed by atoms with E-state index in [4.69, 9.17) is 16.3 Å². The number of thioether (sulfide) groups is 1. The average Bonchev–Trinajstić information content (AvgIpc) is 2.89. The number of nitro benzene ring substituents is 1. The first-order valence-electron chi connectivity index (χ1n) is 11.8. The number of ether oxygens (including phenoxy) is 1. The van der Waals surface area contributed by atoms with Crippen molar-refractivity contribution < 1.29 is 24.0 Å². The number of ketones is 1. The molecule has 0 saturated heterocycles. The Morgan fingerprint density at radius 2 is 1.83 bits per heavy atom. The van der Waals surface area contributed by atoms with E-state index in [0.29, 0.717) is 17.2 Å². The van der Waals surface area contributed by atoms with Crippen molar-refractivity contribution in [2.45, 2.75) is 50.5 Å². The van der Waals surface area contributed by atoms with Gasteiger partial charge in [-0.15, -0.1) is 0 Å². The van der Waals surface area contributed by atoms with Crippen LogP contribution in [0.1, 0.15) is 70.7 Å². The number of amides is 1. The number of halogens is 1. The molecule has 1 atom stereocenters. The van der Waals surface area contributed by atoms with Crippen LogP contribution in [0, 0.1) is 10.1 Å². The first-order chi connectivity index (χ1) is 17.3. The fourth-order valence-electron chi connectivity index (χ4n) is 4.22. The van der Waals surface area contributed by atoms with Gasteiger partial charge in [-0.1, -0.05) is 55.1 Å². The SMILES string of the molecule is CSCC[C@H](NC(=O)c1ccc([N+](=O)[O-])cc1Cl)C(=O)OCC(=O)c1ccc(C2CCCCC2)cc1. The maximum absolute atomic E-state index is 12.7. The highest BCUT2D eigenvalue weighted by Gasteiger charge is 2.25. The summed E-state index contributed by atoms with van der Waals surface area (Å²) in [7, 11) is 0. The van der Waals surface area contributed by atoms with Gasteiger partial charge in [0.1, 0.15) is 6.04 Å². The normalized spacial score (nSPS) is 14.6. The zero-order chi connectivity index (χ0) is 26.1. The molecule has 1 saturated carbocycles. The number of rotatable bonds is 11. The Bertz CT molecular complexity index is 1100. The Morgan fingerprint density at radius 1 is 1.14 bits per heavy atom. The number of Topliss-reactive ketones (excluding diaryl/α,β-unsaturated/α-hetero) is 1. The fourth-order valence-corrected chi connectivity index (χ4v) is 4.95. The molecule has 0 bridgehead atoms. The van der Waals surface area contributed by atoms with Crippen molar-refractivity contribution in [3.63, 3.8) is 0 Å². The van der Waals surface area contributed by atoms with Gasteiger partial charge in [-0.2, -0.15) is 11.8 Å². The molecule has 0 spiro atoms. The Morgan fingerprint density at radius 3 is 2.44 bits per heavy atom. The van der Waals surface area contributed by atoms with E-state index in [1.165, 1.54) is 55.5 Å². The lowest BCUT2D eigenvalue weighted by Gasteiger charge is -2.22. The highest BCUT2D eigenvalue weighted by Crippen LogP contribution is 2.32. The van der Waals surface area contributed by atoms with Crippen LogP contribution >= 0.6 is 23.4 Å². The molecular weight excluding hydrogens is 504 g/mol. The number of nitrogens with zero attached hydrogens (tertiary/aromatic N) is 1. The number of hydrogen-bond acceptors (Lipinski definition) is 7. The van der Waals surface area contributed by atoms with Crippen LogP contribution in [0.15, 0.2) is 42.5 Å². The molecule has 3 rings (SSSR count). The summed E-state index contributed by atoms with van der Waals surface area (Å²) >= 11 is 7.52. The number of benzene rings is 2. The van der Waals surface area contributed by atoms with Gasteiger partial charge >= 0.3 is 5.97 Å². The molecular formula is C26H29ClN2O6S. The summed E-state index contributed by atoms with van der Waals surface area (Å²) in [6.07, 6.45) is 8.20. The fraction of sp³-hybridized carbons (Fsp3) is 0.423. The zero-order valence-electron chi connectivity index (χ0n) is 20.0. The second-order valence-corrected chi connectivity index (χ2v) is 10.1. The minimum absolute atomic E-state index is 0.00153. The maximum atomic E-state index is 12.7. The highest BCUT2D eigenvalue weighted by molar-refractivity contribution is 7.98. The smallest absolute Gasteiger partial charge is 0.329 e. The van der Waals surface area contributed by atoms with E-state index >= 15 is 0 Å². The van der Waals surface area contributed by atoms with Crippen LogP contribution in [0.4, 0.5) is 5.69 Å². The van der Waals surface area contributed by atoms with E-state index < -0.39 is 29.4 Å². The van der Waals surface area contributed by atoms with Gasteiger partial charge in [0.2, 0.25) is 0 Å². The van der Waals surface area contributed by atoms with Crippen molar-refractivity contribution in [1.29, 1.82) is 0 Å². The standard InChI is InChI=1S/C26H29ClN2O6S/c1-36-14-13-23(28-25(31)21-12-11-20(29(33)34)15-22(21)27)26(32)35-16-24(30)19-9-7-18(8-10-19)17-5-3-2-4-6-17/h7-12,15,17,23H,2-6,13-14,16H2,1H3,(H,28,31)/t23-/m0/s1. The maximum Gasteiger partial charge on any atom is 0.329 e. The Hall–Kier alpha value is -2.91. The summed E-state index contributed by atoms with van der Waals surface area (Å²) in [5.74, 6) is -0.632. The van der Waals surface area contributed by atoms with Crippen molar-refractivity contribution in [3.8, 4) is 0 Å². The summed E-state index contributed by atoms with van der Waals surface area (Å²) in [4.78, 5) is 48.3. The van der Waals surface area contributed by atoms with Crippen LogP contribution < -0.4 is 5.32 Å². The van der Waals surface area contributed by atoms with Gasteiger partial charge in [-0.05, 0) is 48.8 Å². The molecule has 1 aliphatic rings. The van der Waals surface area contributed by atoms with E-state index in [0.717, 1.165) is 12.1 Å². The molecule has 1 amide bonds. The molecule has 0 heterocycles. The highest BCUT2D eigenvalue weighted by atomic mass is 35.5. The van der Waals surface area contributed by atoms with Crippen molar-refractivity contribution in [1.82, 2.24) is 5.32 Å². The van der Waals surface area contributed by atoms with Crippen molar-refractivity contribution in [2.75, 3.05) is 18.6 Å². The van der Waals surface area contributed by atoms with Gasteiger partial charge in [0.15, 0.2) is 12.4 Å². The van der Waals surface area contributed by atoms with E-state index in [9.17, 15) is 24.5 Å². The summed E-state index contributed by atoms with van der Waals surface area (Å²) < 4.78 is 5.25. The molecule has 2 aromatic rings. The zero-order valence-corrected chi connectivity index (χ0v) is 21.6. The number of non-ortho nitro benzene ring substituents is 1. The van der Waals surface area contributed by atoms with Gasteiger partial charge in [-0.25, -0.2) is 4.79 Å². The second-order valence-electron chi connectivity index (χ2n) is 8.72. The predicted octanol–water partition coefficient (Wildman–Crippen LogP) is 5.57. The van der Waals surface area contributed by atoms with E-state index in [-0.39, 0.29) is 28.5 Å². The first kappa shape index (κ1) is 27.7. The molecule has 8 nitrogen and oxygen atoms in total. The van der Waals surface area contributed by atoms with Crippen LogP contribution in [-0.4, -0.2) is 47.2 Å². The first-order valence-corrected chi connectivity index (χ1v) is 13.6. The van der Waals surface area contributed by atoms with Crippen LogP contribution in [0.2, 0.25) is 5.02 Å². The number of nitrogens with one attached hydrogen (secondary N) is 1. The Kier molecular flexibility index (Phi) is 10.3. The minimum atomic E-state index is -1.00. The summed E-state index contributed by atoms with van der Waals surface area (Å²) in [6.45, 7) is -0.439. The molecule has 1 fully saturated rings. The summed E-state index contributed by atoms with van der Waals surface area (Å²) in [5, 5.41) is 13.4. The Balaban J connectivity index is 1.59. The number of hydrogen-bond donors (Lipinski definition) is 1. The largest absolute Gasteiger partial charge is 0.456 e. The van der Waals surface area contributed by atoms with Gasteiger partial charge in [0, 0.05) is 17.7 Å². The molecule has 192 valence electrons. The molecule has 0 aliphatic heterocycles. The molecule has 1 aliphatic carbocycles. The summed E-state index contributed by atoms with van der Waals surface area (Å²) in [6, 6.07) is 9.94. The molecule has 0 radical (unpaired) electrons. The monoisotopic (exact) mass is 532 g/mol. The van der Waals surface area contributed by atoms with Gasteiger partial charge in [-0.3, -0.25) is 19.7 Å². The lowest BCUT2D eigenvalue weighted by Crippen LogP contribution is -2.42. The number of nitro groups is 1. The number of carbonyl (C=O) groups is 3.